The maximum Gasteiger partial charge on any atom is 0.123 e. The number of hydrogen-bond acceptors (Lipinski definition) is 2. The Morgan fingerprint density at radius 2 is 1.95 bits per heavy atom. The van der Waals surface area contributed by atoms with E-state index in [4.69, 9.17) is 5.73 Å². The van der Waals surface area contributed by atoms with Crippen LogP contribution in [-0.4, -0.2) is 30.1 Å². The Hall–Kier alpha value is -0.930. The van der Waals surface area contributed by atoms with Gasteiger partial charge in [-0.05, 0) is 49.3 Å². The Morgan fingerprint density at radius 3 is 2.71 bits per heavy atom. The first-order valence-electron chi connectivity index (χ1n) is 8.45. The first kappa shape index (κ1) is 15.0. The van der Waals surface area contributed by atoms with Crippen molar-refractivity contribution < 1.29 is 4.39 Å². The predicted molar refractivity (Wildman–Crippen MR) is 84.6 cm³/mol. The van der Waals surface area contributed by atoms with Crippen LogP contribution in [0.1, 0.15) is 44.1 Å². The molecule has 0 spiro atoms. The molecule has 1 aromatic rings. The average Bonchev–Trinajstić information content (AvgIpc) is 2.47. The fraction of sp³-hybridized carbons (Fsp3) is 0.667. The number of piperidine rings is 1. The quantitative estimate of drug-likeness (QED) is 0.925. The molecule has 3 heteroatoms. The van der Waals surface area contributed by atoms with Gasteiger partial charge in [0.25, 0.3) is 0 Å². The van der Waals surface area contributed by atoms with E-state index in [1.807, 2.05) is 12.1 Å². The van der Waals surface area contributed by atoms with E-state index in [1.165, 1.54) is 38.2 Å². The third-order valence-electron chi connectivity index (χ3n) is 5.10. The van der Waals surface area contributed by atoms with E-state index in [0.717, 1.165) is 37.5 Å². The summed E-state index contributed by atoms with van der Waals surface area (Å²) in [6, 6.07) is 8.05. The minimum atomic E-state index is -0.128. The second-order valence-electron chi connectivity index (χ2n) is 6.94. The molecule has 2 atom stereocenters. The fourth-order valence-electron chi connectivity index (χ4n) is 4.17. The number of nitrogens with zero attached hydrogens (tertiary/aromatic N) is 1. The Morgan fingerprint density at radius 1 is 1.14 bits per heavy atom. The van der Waals surface area contributed by atoms with Crippen LogP contribution in [-0.2, 0) is 6.42 Å². The first-order valence-corrected chi connectivity index (χ1v) is 8.45. The third-order valence-corrected chi connectivity index (χ3v) is 5.10. The monoisotopic (exact) mass is 290 g/mol. The maximum absolute atomic E-state index is 13.3. The Kier molecular flexibility index (Phi) is 4.91. The minimum absolute atomic E-state index is 0.128. The standard InChI is InChI=1S/C18H27FN2/c19-16-6-4-5-14(10-16)9-15-11-17(20)13-21(12-15)18-7-2-1-3-8-18/h4-6,10,15,17-18H,1-3,7-9,11-13,20H2. The van der Waals surface area contributed by atoms with E-state index in [2.05, 4.69) is 4.90 Å². The molecule has 2 N–H and O–H groups in total. The van der Waals surface area contributed by atoms with Gasteiger partial charge in [-0.3, -0.25) is 4.90 Å². The summed E-state index contributed by atoms with van der Waals surface area (Å²) < 4.78 is 13.3. The molecule has 0 aromatic heterocycles. The van der Waals surface area contributed by atoms with Crippen molar-refractivity contribution in [3.63, 3.8) is 0 Å². The molecule has 1 saturated carbocycles. The van der Waals surface area contributed by atoms with Gasteiger partial charge in [-0.25, -0.2) is 4.39 Å². The summed E-state index contributed by atoms with van der Waals surface area (Å²) >= 11 is 0. The van der Waals surface area contributed by atoms with Crippen molar-refractivity contribution in [2.24, 2.45) is 11.7 Å². The molecule has 2 nitrogen and oxygen atoms in total. The van der Waals surface area contributed by atoms with E-state index < -0.39 is 0 Å². The van der Waals surface area contributed by atoms with Gasteiger partial charge >= 0.3 is 0 Å². The molecular weight excluding hydrogens is 263 g/mol. The second-order valence-corrected chi connectivity index (χ2v) is 6.94. The van der Waals surface area contributed by atoms with Crippen LogP contribution in [0.15, 0.2) is 24.3 Å². The number of halogens is 1. The molecule has 2 aliphatic rings. The van der Waals surface area contributed by atoms with Crippen LogP contribution in [0.4, 0.5) is 4.39 Å². The normalized spacial score (nSPS) is 28.7. The zero-order valence-corrected chi connectivity index (χ0v) is 12.8. The van der Waals surface area contributed by atoms with E-state index in [0.29, 0.717) is 5.92 Å². The highest BCUT2D eigenvalue weighted by molar-refractivity contribution is 5.17. The van der Waals surface area contributed by atoms with Crippen molar-refractivity contribution in [3.8, 4) is 0 Å². The number of rotatable bonds is 3. The molecule has 1 saturated heterocycles. The van der Waals surface area contributed by atoms with E-state index in [-0.39, 0.29) is 11.9 Å². The van der Waals surface area contributed by atoms with Gasteiger partial charge in [0, 0.05) is 25.2 Å². The van der Waals surface area contributed by atoms with Crippen LogP contribution in [0.3, 0.4) is 0 Å². The van der Waals surface area contributed by atoms with Crippen molar-refractivity contribution in [1.82, 2.24) is 4.90 Å². The van der Waals surface area contributed by atoms with Crippen molar-refractivity contribution in [1.29, 1.82) is 0 Å². The lowest BCUT2D eigenvalue weighted by molar-refractivity contribution is 0.0870. The molecule has 2 unspecified atom stereocenters. The Balaban J connectivity index is 1.62. The smallest absolute Gasteiger partial charge is 0.123 e. The minimum Gasteiger partial charge on any atom is -0.327 e. The lowest BCUT2D eigenvalue weighted by Crippen LogP contribution is -2.51. The highest BCUT2D eigenvalue weighted by Crippen LogP contribution is 2.28. The van der Waals surface area contributed by atoms with Gasteiger partial charge in [-0.15, -0.1) is 0 Å². The van der Waals surface area contributed by atoms with Crippen LogP contribution in [0.2, 0.25) is 0 Å². The molecule has 0 radical (unpaired) electrons. The second kappa shape index (κ2) is 6.89. The number of benzene rings is 1. The molecule has 116 valence electrons. The molecule has 1 aliphatic heterocycles. The predicted octanol–water partition coefficient (Wildman–Crippen LogP) is 3.35. The molecule has 21 heavy (non-hydrogen) atoms. The largest absolute Gasteiger partial charge is 0.327 e. The number of nitrogens with two attached hydrogens (primary N) is 1. The SMILES string of the molecule is NC1CC(Cc2cccc(F)c2)CN(C2CCCCC2)C1. The van der Waals surface area contributed by atoms with Gasteiger partial charge in [0.05, 0.1) is 0 Å². The first-order chi connectivity index (χ1) is 10.2. The van der Waals surface area contributed by atoms with E-state index in [1.54, 1.807) is 6.07 Å². The van der Waals surface area contributed by atoms with Gasteiger partial charge < -0.3 is 5.73 Å². The fourth-order valence-corrected chi connectivity index (χ4v) is 4.17. The molecule has 1 aromatic carbocycles. The third kappa shape index (κ3) is 4.04. The number of likely N-dealkylation sites (tertiary alicyclic amines) is 1. The van der Waals surface area contributed by atoms with Crippen molar-refractivity contribution in [3.05, 3.63) is 35.6 Å². The Labute approximate surface area is 127 Å². The summed E-state index contributed by atoms with van der Waals surface area (Å²) in [6.45, 7) is 2.18. The van der Waals surface area contributed by atoms with Crippen molar-refractivity contribution in [2.75, 3.05) is 13.1 Å². The molecular formula is C18H27FN2. The van der Waals surface area contributed by atoms with Gasteiger partial charge in [0.1, 0.15) is 5.82 Å². The van der Waals surface area contributed by atoms with Crippen molar-refractivity contribution in [2.45, 2.75) is 57.0 Å². The summed E-state index contributed by atoms with van der Waals surface area (Å²) in [5.41, 5.74) is 7.40. The summed E-state index contributed by atoms with van der Waals surface area (Å²) in [7, 11) is 0. The van der Waals surface area contributed by atoms with Gasteiger partial charge in [0.15, 0.2) is 0 Å². The summed E-state index contributed by atoms with van der Waals surface area (Å²) in [5, 5.41) is 0. The van der Waals surface area contributed by atoms with Gasteiger partial charge in [-0.1, -0.05) is 31.4 Å². The highest BCUT2D eigenvalue weighted by Gasteiger charge is 2.30. The van der Waals surface area contributed by atoms with Crippen molar-refractivity contribution >= 4 is 0 Å². The summed E-state index contributed by atoms with van der Waals surface area (Å²) in [6.07, 6.45) is 8.81. The molecule has 0 bridgehead atoms. The molecule has 3 rings (SSSR count). The van der Waals surface area contributed by atoms with E-state index in [9.17, 15) is 4.39 Å². The van der Waals surface area contributed by atoms with Crippen LogP contribution >= 0.6 is 0 Å². The van der Waals surface area contributed by atoms with Gasteiger partial charge in [-0.2, -0.15) is 0 Å². The van der Waals surface area contributed by atoms with Crippen LogP contribution in [0, 0.1) is 11.7 Å². The Bertz CT molecular complexity index is 456. The lowest BCUT2D eigenvalue weighted by atomic mass is 9.86. The molecule has 1 aliphatic carbocycles. The van der Waals surface area contributed by atoms with E-state index >= 15 is 0 Å². The van der Waals surface area contributed by atoms with Crippen LogP contribution in [0.25, 0.3) is 0 Å². The molecule has 0 amide bonds. The van der Waals surface area contributed by atoms with Gasteiger partial charge in [0.2, 0.25) is 0 Å². The molecule has 2 fully saturated rings. The van der Waals surface area contributed by atoms with Crippen LogP contribution in [0.5, 0.6) is 0 Å². The maximum atomic E-state index is 13.3. The average molecular weight is 290 g/mol. The molecule has 1 heterocycles. The number of hydrogen-bond donors (Lipinski definition) is 1. The lowest BCUT2D eigenvalue weighted by Gasteiger charge is -2.42. The summed E-state index contributed by atoms with van der Waals surface area (Å²) in [5.74, 6) is 0.439. The van der Waals surface area contributed by atoms with Crippen LogP contribution < -0.4 is 5.73 Å². The zero-order chi connectivity index (χ0) is 14.7. The topological polar surface area (TPSA) is 29.3 Å². The summed E-state index contributed by atoms with van der Waals surface area (Å²) in [4.78, 5) is 2.62. The zero-order valence-electron chi connectivity index (χ0n) is 12.8. The highest BCUT2D eigenvalue weighted by atomic mass is 19.1.